The highest BCUT2D eigenvalue weighted by Crippen LogP contribution is 2.37. The molecule has 0 aliphatic heterocycles. The minimum Gasteiger partial charge on any atom is -0.493 e. The Morgan fingerprint density at radius 2 is 2.00 bits per heavy atom. The summed E-state index contributed by atoms with van der Waals surface area (Å²) in [5, 5.41) is 0. The lowest BCUT2D eigenvalue weighted by molar-refractivity contribution is 0.170. The minimum atomic E-state index is 0.443. The van der Waals surface area contributed by atoms with Crippen LogP contribution in [0.1, 0.15) is 12.0 Å². The van der Waals surface area contributed by atoms with Gasteiger partial charge in [0.15, 0.2) is 11.5 Å². The predicted octanol–water partition coefficient (Wildman–Crippen LogP) is 3.61. The van der Waals surface area contributed by atoms with E-state index in [2.05, 4.69) is 15.9 Å². The number of benzene rings is 1. The summed E-state index contributed by atoms with van der Waals surface area (Å²) in [5.41, 5.74) is 0.986. The zero-order valence-corrected chi connectivity index (χ0v) is 12.3. The fourth-order valence-corrected chi connectivity index (χ4v) is 2.13. The Morgan fingerprint density at radius 1 is 1.24 bits per heavy atom. The number of alkyl halides is 1. The van der Waals surface area contributed by atoms with E-state index in [4.69, 9.17) is 25.8 Å². The van der Waals surface area contributed by atoms with Gasteiger partial charge in [0, 0.05) is 26.0 Å². The highest BCUT2D eigenvalue weighted by molar-refractivity contribution is 9.10. The molecule has 0 radical (unpaired) electrons. The molecule has 0 heterocycles. The van der Waals surface area contributed by atoms with Crippen LogP contribution in [0.4, 0.5) is 0 Å². The molecule has 5 heteroatoms. The van der Waals surface area contributed by atoms with E-state index in [0.29, 0.717) is 30.6 Å². The number of methoxy groups -OCH3 is 2. The summed E-state index contributed by atoms with van der Waals surface area (Å²) in [4.78, 5) is 0. The van der Waals surface area contributed by atoms with Gasteiger partial charge in [-0.25, -0.2) is 0 Å². The molecule has 3 nitrogen and oxygen atoms in total. The molecule has 0 saturated carbocycles. The van der Waals surface area contributed by atoms with Crippen molar-refractivity contribution in [2.45, 2.75) is 12.3 Å². The van der Waals surface area contributed by atoms with Crippen molar-refractivity contribution in [1.82, 2.24) is 0 Å². The van der Waals surface area contributed by atoms with Crippen molar-refractivity contribution in [3.05, 3.63) is 22.2 Å². The molecule has 0 bridgehead atoms. The number of rotatable bonds is 7. The van der Waals surface area contributed by atoms with Gasteiger partial charge < -0.3 is 14.2 Å². The summed E-state index contributed by atoms with van der Waals surface area (Å²) in [5.74, 6) is 1.84. The first-order chi connectivity index (χ1) is 8.22. The zero-order chi connectivity index (χ0) is 12.7. The largest absolute Gasteiger partial charge is 0.493 e. The Kier molecular flexibility index (Phi) is 6.70. The molecule has 17 heavy (non-hydrogen) atoms. The average molecular weight is 324 g/mol. The lowest BCUT2D eigenvalue weighted by Crippen LogP contribution is -2.03. The van der Waals surface area contributed by atoms with Gasteiger partial charge in [0.05, 0.1) is 18.2 Å². The standard InChI is InChI=1S/C12H16BrClO3/c1-15-4-3-5-17-12-10(13)6-9(8-14)7-11(12)16-2/h6-7H,3-5,8H2,1-2H3. The average Bonchev–Trinajstić information content (AvgIpc) is 2.35. The second kappa shape index (κ2) is 7.80. The number of hydrogen-bond donors (Lipinski definition) is 0. The maximum Gasteiger partial charge on any atom is 0.175 e. The van der Waals surface area contributed by atoms with E-state index in [1.807, 2.05) is 12.1 Å². The summed E-state index contributed by atoms with van der Waals surface area (Å²) in [6, 6.07) is 3.81. The molecule has 0 spiro atoms. The van der Waals surface area contributed by atoms with Crippen LogP contribution in [-0.2, 0) is 10.6 Å². The molecule has 1 rings (SSSR count). The first kappa shape index (κ1) is 14.6. The van der Waals surface area contributed by atoms with Crippen molar-refractivity contribution in [2.24, 2.45) is 0 Å². The van der Waals surface area contributed by atoms with E-state index < -0.39 is 0 Å². The second-order valence-corrected chi connectivity index (χ2v) is 4.56. The van der Waals surface area contributed by atoms with Crippen LogP contribution in [0.2, 0.25) is 0 Å². The Hall–Kier alpha value is -0.450. The fourth-order valence-electron chi connectivity index (χ4n) is 1.37. The van der Waals surface area contributed by atoms with E-state index in [9.17, 15) is 0 Å². The van der Waals surface area contributed by atoms with Crippen molar-refractivity contribution in [3.63, 3.8) is 0 Å². The molecule has 0 saturated heterocycles. The lowest BCUT2D eigenvalue weighted by atomic mass is 10.2. The highest BCUT2D eigenvalue weighted by atomic mass is 79.9. The molecular formula is C12H16BrClO3. The summed E-state index contributed by atoms with van der Waals surface area (Å²) >= 11 is 9.25. The Morgan fingerprint density at radius 3 is 2.59 bits per heavy atom. The van der Waals surface area contributed by atoms with Gasteiger partial charge in [-0.15, -0.1) is 11.6 Å². The molecular weight excluding hydrogens is 307 g/mol. The molecule has 0 fully saturated rings. The number of hydrogen-bond acceptors (Lipinski definition) is 3. The van der Waals surface area contributed by atoms with E-state index in [1.54, 1.807) is 14.2 Å². The molecule has 0 unspecified atom stereocenters. The minimum absolute atomic E-state index is 0.443. The first-order valence-corrected chi connectivity index (χ1v) is 6.59. The van der Waals surface area contributed by atoms with Crippen LogP contribution in [0.15, 0.2) is 16.6 Å². The van der Waals surface area contributed by atoms with Crippen molar-refractivity contribution < 1.29 is 14.2 Å². The normalized spacial score (nSPS) is 10.4. The van der Waals surface area contributed by atoms with E-state index in [0.717, 1.165) is 16.5 Å². The van der Waals surface area contributed by atoms with Crippen molar-refractivity contribution in [3.8, 4) is 11.5 Å². The third-order valence-corrected chi connectivity index (χ3v) is 3.08. The maximum atomic E-state index is 5.79. The van der Waals surface area contributed by atoms with Gasteiger partial charge in [-0.05, 0) is 33.6 Å². The molecule has 0 aromatic heterocycles. The van der Waals surface area contributed by atoms with Crippen LogP contribution in [0.25, 0.3) is 0 Å². The molecule has 0 atom stereocenters. The van der Waals surface area contributed by atoms with Gasteiger partial charge in [0.25, 0.3) is 0 Å². The number of halogens is 2. The van der Waals surface area contributed by atoms with Crippen LogP contribution < -0.4 is 9.47 Å². The first-order valence-electron chi connectivity index (χ1n) is 5.27. The van der Waals surface area contributed by atoms with Gasteiger partial charge in [-0.2, -0.15) is 0 Å². The van der Waals surface area contributed by atoms with E-state index in [1.165, 1.54) is 0 Å². The zero-order valence-electron chi connectivity index (χ0n) is 9.96. The third kappa shape index (κ3) is 4.37. The Bertz CT molecular complexity index is 358. The van der Waals surface area contributed by atoms with E-state index in [-0.39, 0.29) is 0 Å². The number of ether oxygens (including phenoxy) is 3. The molecule has 96 valence electrons. The molecule has 0 aliphatic carbocycles. The summed E-state index contributed by atoms with van der Waals surface area (Å²) in [7, 11) is 3.29. The lowest BCUT2D eigenvalue weighted by Gasteiger charge is -2.13. The van der Waals surface area contributed by atoms with Crippen LogP contribution in [-0.4, -0.2) is 27.4 Å². The monoisotopic (exact) mass is 322 g/mol. The molecule has 0 N–H and O–H groups in total. The molecule has 1 aromatic rings. The van der Waals surface area contributed by atoms with Gasteiger partial charge >= 0.3 is 0 Å². The predicted molar refractivity (Wildman–Crippen MR) is 72.2 cm³/mol. The highest BCUT2D eigenvalue weighted by Gasteiger charge is 2.11. The Balaban J connectivity index is 2.75. The van der Waals surface area contributed by atoms with Crippen LogP contribution >= 0.6 is 27.5 Å². The summed E-state index contributed by atoms with van der Waals surface area (Å²) in [6.07, 6.45) is 0.837. The fraction of sp³-hybridized carbons (Fsp3) is 0.500. The smallest absolute Gasteiger partial charge is 0.175 e. The molecule has 0 amide bonds. The SMILES string of the molecule is COCCCOc1c(Br)cc(CCl)cc1OC. The van der Waals surface area contributed by atoms with Crippen molar-refractivity contribution >= 4 is 27.5 Å². The van der Waals surface area contributed by atoms with Gasteiger partial charge in [0.1, 0.15) is 0 Å². The molecule has 0 aliphatic rings. The Labute approximate surface area is 115 Å². The topological polar surface area (TPSA) is 27.7 Å². The van der Waals surface area contributed by atoms with Crippen LogP contribution in [0, 0.1) is 0 Å². The summed E-state index contributed by atoms with van der Waals surface area (Å²) in [6.45, 7) is 1.27. The molecule has 1 aromatic carbocycles. The second-order valence-electron chi connectivity index (χ2n) is 3.44. The third-order valence-electron chi connectivity index (χ3n) is 2.18. The maximum absolute atomic E-state index is 5.79. The quantitative estimate of drug-likeness (QED) is 0.567. The van der Waals surface area contributed by atoms with Gasteiger partial charge in [-0.1, -0.05) is 0 Å². The van der Waals surface area contributed by atoms with Crippen LogP contribution in [0.3, 0.4) is 0 Å². The summed E-state index contributed by atoms with van der Waals surface area (Å²) < 4.78 is 16.8. The van der Waals surface area contributed by atoms with Crippen molar-refractivity contribution in [2.75, 3.05) is 27.4 Å². The van der Waals surface area contributed by atoms with Crippen molar-refractivity contribution in [1.29, 1.82) is 0 Å². The van der Waals surface area contributed by atoms with E-state index >= 15 is 0 Å². The van der Waals surface area contributed by atoms with Gasteiger partial charge in [-0.3, -0.25) is 0 Å². The van der Waals surface area contributed by atoms with Gasteiger partial charge in [0.2, 0.25) is 0 Å². The van der Waals surface area contributed by atoms with Crippen LogP contribution in [0.5, 0.6) is 11.5 Å².